The van der Waals surface area contributed by atoms with Crippen molar-refractivity contribution in [2.45, 2.75) is 45.6 Å². The van der Waals surface area contributed by atoms with Crippen LogP contribution in [0.5, 0.6) is 0 Å². The highest BCUT2D eigenvalue weighted by Crippen LogP contribution is 2.19. The van der Waals surface area contributed by atoms with Crippen LogP contribution in [-0.2, 0) is 22.6 Å². The van der Waals surface area contributed by atoms with E-state index < -0.39 is 5.91 Å². The molecule has 4 rings (SSSR count). The first-order valence-corrected chi connectivity index (χ1v) is 12.4. The number of aromatic nitrogens is 2. The van der Waals surface area contributed by atoms with Crippen molar-refractivity contribution in [1.29, 1.82) is 0 Å². The van der Waals surface area contributed by atoms with Gasteiger partial charge in [-0.15, -0.1) is 0 Å². The van der Waals surface area contributed by atoms with Crippen LogP contribution >= 0.6 is 0 Å². The number of nitrogens with zero attached hydrogens (tertiary/aromatic N) is 3. The summed E-state index contributed by atoms with van der Waals surface area (Å²) in [6.07, 6.45) is 2.89. The summed E-state index contributed by atoms with van der Waals surface area (Å²) in [5, 5.41) is 5.08. The van der Waals surface area contributed by atoms with Crippen LogP contribution in [0.1, 0.15) is 48.7 Å². The summed E-state index contributed by atoms with van der Waals surface area (Å²) in [6.45, 7) is 3.33. The van der Waals surface area contributed by atoms with Crippen LogP contribution in [-0.4, -0.2) is 45.5 Å². The van der Waals surface area contributed by atoms with Crippen LogP contribution < -0.4 is 16.4 Å². The maximum atomic E-state index is 12.9. The molecule has 2 N–H and O–H groups in total. The molecular weight excluding hydrogens is 458 g/mol. The molecule has 2 heterocycles. The Morgan fingerprint density at radius 1 is 0.944 bits per heavy atom. The van der Waals surface area contributed by atoms with Gasteiger partial charge in [-0.25, -0.2) is 4.68 Å². The highest BCUT2D eigenvalue weighted by atomic mass is 16.2. The lowest BCUT2D eigenvalue weighted by atomic mass is 9.95. The number of fused-ring (bicyclic) bond motifs is 1. The standard InChI is InChI=1S/C27H31N5O4/c1-2-16-32-27(36)22-11-7-6-10-21(22)24(30-32)26(35)29-28-25(34)20-14-17-31(18-15-20)23(33)13-12-19-8-4-3-5-9-19/h3-11,20H,2,12-18H2,1H3,(H,28,34)(H,29,35). The van der Waals surface area contributed by atoms with Crippen LogP contribution in [0.2, 0.25) is 0 Å². The molecule has 1 fully saturated rings. The number of carbonyl (C=O) groups excluding carboxylic acids is 3. The van der Waals surface area contributed by atoms with E-state index >= 15 is 0 Å². The molecule has 1 aliphatic heterocycles. The van der Waals surface area contributed by atoms with Gasteiger partial charge in [0.25, 0.3) is 11.5 Å². The molecule has 1 saturated heterocycles. The topological polar surface area (TPSA) is 113 Å². The third-order valence-electron chi connectivity index (χ3n) is 6.51. The summed E-state index contributed by atoms with van der Waals surface area (Å²) >= 11 is 0. The molecule has 9 heteroatoms. The number of hydrazine groups is 1. The van der Waals surface area contributed by atoms with Crippen molar-refractivity contribution < 1.29 is 14.4 Å². The van der Waals surface area contributed by atoms with Gasteiger partial charge in [-0.05, 0) is 37.3 Å². The van der Waals surface area contributed by atoms with Crippen LogP contribution in [0.4, 0.5) is 0 Å². The first-order valence-electron chi connectivity index (χ1n) is 12.4. The number of amides is 3. The van der Waals surface area contributed by atoms with Crippen molar-refractivity contribution in [2.75, 3.05) is 13.1 Å². The number of piperidine rings is 1. The molecule has 0 aliphatic carbocycles. The quantitative estimate of drug-likeness (QED) is 0.495. The Labute approximate surface area is 209 Å². The van der Waals surface area contributed by atoms with Gasteiger partial charge in [0.05, 0.1) is 5.39 Å². The molecule has 0 atom stereocenters. The van der Waals surface area contributed by atoms with E-state index in [4.69, 9.17) is 0 Å². The second kappa shape index (κ2) is 11.6. The molecule has 0 spiro atoms. The van der Waals surface area contributed by atoms with Crippen LogP contribution in [0.15, 0.2) is 59.4 Å². The summed E-state index contributed by atoms with van der Waals surface area (Å²) in [7, 11) is 0. The second-order valence-electron chi connectivity index (χ2n) is 9.01. The molecular formula is C27H31N5O4. The van der Waals surface area contributed by atoms with Gasteiger partial charge < -0.3 is 4.90 Å². The number of benzene rings is 2. The van der Waals surface area contributed by atoms with Crippen molar-refractivity contribution in [1.82, 2.24) is 25.5 Å². The average Bonchev–Trinajstić information content (AvgIpc) is 2.92. The Balaban J connectivity index is 1.31. The minimum Gasteiger partial charge on any atom is -0.343 e. The molecule has 1 aromatic heterocycles. The summed E-state index contributed by atoms with van der Waals surface area (Å²) in [5.74, 6) is -1.10. The molecule has 0 bridgehead atoms. The van der Waals surface area contributed by atoms with Gasteiger partial charge in [-0.1, -0.05) is 55.5 Å². The predicted octanol–water partition coefficient (Wildman–Crippen LogP) is 2.44. The number of aryl methyl sites for hydroxylation is 2. The fraction of sp³-hybridized carbons (Fsp3) is 0.370. The van der Waals surface area contributed by atoms with Gasteiger partial charge in [-0.3, -0.25) is 30.0 Å². The van der Waals surface area contributed by atoms with Gasteiger partial charge in [0.2, 0.25) is 11.8 Å². The lowest BCUT2D eigenvalue weighted by Gasteiger charge is -2.31. The molecule has 9 nitrogen and oxygen atoms in total. The van der Waals surface area contributed by atoms with E-state index in [9.17, 15) is 19.2 Å². The van der Waals surface area contributed by atoms with Crippen LogP contribution in [0.3, 0.4) is 0 Å². The minimum absolute atomic E-state index is 0.0813. The SMILES string of the molecule is CCCn1nc(C(=O)NNC(=O)C2CCN(C(=O)CCc3ccccc3)CC2)c2ccccc2c1=O. The predicted molar refractivity (Wildman–Crippen MR) is 136 cm³/mol. The molecule has 2 aromatic carbocycles. The van der Waals surface area contributed by atoms with E-state index in [-0.39, 0.29) is 29.0 Å². The third-order valence-corrected chi connectivity index (χ3v) is 6.51. The monoisotopic (exact) mass is 489 g/mol. The van der Waals surface area contributed by atoms with Gasteiger partial charge in [-0.2, -0.15) is 5.10 Å². The maximum absolute atomic E-state index is 12.9. The number of likely N-dealkylation sites (tertiary alicyclic amines) is 1. The van der Waals surface area contributed by atoms with Gasteiger partial charge in [0.1, 0.15) is 0 Å². The van der Waals surface area contributed by atoms with Crippen LogP contribution in [0.25, 0.3) is 10.8 Å². The summed E-state index contributed by atoms with van der Waals surface area (Å²) < 4.78 is 1.28. The van der Waals surface area contributed by atoms with Gasteiger partial charge in [0.15, 0.2) is 5.69 Å². The highest BCUT2D eigenvalue weighted by molar-refractivity contribution is 6.05. The Kier molecular flexibility index (Phi) is 8.10. The zero-order valence-electron chi connectivity index (χ0n) is 20.4. The molecule has 1 aliphatic rings. The first kappa shape index (κ1) is 25.1. The fourth-order valence-electron chi connectivity index (χ4n) is 4.49. The van der Waals surface area contributed by atoms with E-state index in [1.807, 2.05) is 37.3 Å². The molecule has 3 aromatic rings. The van der Waals surface area contributed by atoms with Crippen molar-refractivity contribution in [3.05, 3.63) is 76.2 Å². The van der Waals surface area contributed by atoms with E-state index in [0.717, 1.165) is 5.56 Å². The van der Waals surface area contributed by atoms with E-state index in [2.05, 4.69) is 16.0 Å². The number of hydrogen-bond donors (Lipinski definition) is 2. The highest BCUT2D eigenvalue weighted by Gasteiger charge is 2.28. The lowest BCUT2D eigenvalue weighted by Crippen LogP contribution is -2.48. The lowest BCUT2D eigenvalue weighted by molar-refractivity contribution is -0.135. The van der Waals surface area contributed by atoms with Crippen molar-refractivity contribution >= 4 is 28.5 Å². The molecule has 0 saturated carbocycles. The third kappa shape index (κ3) is 5.79. The van der Waals surface area contributed by atoms with Crippen molar-refractivity contribution in [3.63, 3.8) is 0 Å². The van der Waals surface area contributed by atoms with E-state index in [1.54, 1.807) is 29.2 Å². The smallest absolute Gasteiger partial charge is 0.290 e. The number of nitrogens with one attached hydrogen (secondary N) is 2. The Morgan fingerprint density at radius 2 is 1.61 bits per heavy atom. The Hall–Kier alpha value is -4.01. The minimum atomic E-state index is -0.585. The number of rotatable bonds is 7. The zero-order valence-corrected chi connectivity index (χ0v) is 20.4. The normalized spacial score (nSPS) is 14.0. The molecule has 188 valence electrons. The van der Waals surface area contributed by atoms with Gasteiger partial charge in [0, 0.05) is 37.4 Å². The van der Waals surface area contributed by atoms with Crippen molar-refractivity contribution in [2.24, 2.45) is 5.92 Å². The largest absolute Gasteiger partial charge is 0.343 e. The van der Waals surface area contributed by atoms with Crippen LogP contribution in [0, 0.1) is 5.92 Å². The Morgan fingerprint density at radius 3 is 2.31 bits per heavy atom. The molecule has 3 amide bonds. The van der Waals surface area contributed by atoms with E-state index in [0.29, 0.717) is 62.5 Å². The molecule has 0 unspecified atom stereocenters. The van der Waals surface area contributed by atoms with Crippen molar-refractivity contribution in [3.8, 4) is 0 Å². The maximum Gasteiger partial charge on any atom is 0.290 e. The summed E-state index contributed by atoms with van der Waals surface area (Å²) in [4.78, 5) is 52.6. The number of carbonyl (C=O) groups is 3. The second-order valence-corrected chi connectivity index (χ2v) is 9.01. The average molecular weight is 490 g/mol. The fourth-order valence-corrected chi connectivity index (χ4v) is 4.49. The summed E-state index contributed by atoms with van der Waals surface area (Å²) in [6, 6.07) is 16.7. The number of hydrogen-bond acceptors (Lipinski definition) is 5. The van der Waals surface area contributed by atoms with Gasteiger partial charge >= 0.3 is 0 Å². The summed E-state index contributed by atoms with van der Waals surface area (Å²) in [5.41, 5.74) is 5.91. The molecule has 0 radical (unpaired) electrons. The zero-order chi connectivity index (χ0) is 25.5. The first-order chi connectivity index (χ1) is 17.5. The molecule has 36 heavy (non-hydrogen) atoms. The van der Waals surface area contributed by atoms with E-state index in [1.165, 1.54) is 4.68 Å². The Bertz CT molecular complexity index is 1300.